The fraction of sp³-hybridized carbons (Fsp3) is 0.227. The van der Waals surface area contributed by atoms with Gasteiger partial charge in [0.2, 0.25) is 0 Å². The Morgan fingerprint density at radius 3 is 2.48 bits per heavy atom. The van der Waals surface area contributed by atoms with Crippen LogP contribution in [0.2, 0.25) is 5.02 Å². The van der Waals surface area contributed by atoms with Crippen LogP contribution in [0.1, 0.15) is 11.1 Å². The van der Waals surface area contributed by atoms with Crippen LogP contribution in [0, 0.1) is 5.82 Å². The maximum atomic E-state index is 13.8. The molecule has 5 heteroatoms. The van der Waals surface area contributed by atoms with E-state index >= 15 is 0 Å². The topological polar surface area (TPSA) is 18.8 Å². The Hall–Kier alpha value is -2.43. The summed E-state index contributed by atoms with van der Waals surface area (Å²) in [5.41, 5.74) is 1.69. The molecule has 0 aromatic heterocycles. The largest absolute Gasteiger partial charge is 0.295 e. The normalized spacial score (nSPS) is 15.7. The van der Waals surface area contributed by atoms with Gasteiger partial charge in [-0.25, -0.2) is 4.39 Å². The second-order valence-electron chi connectivity index (χ2n) is 6.75. The molecule has 0 radical (unpaired) electrons. The highest BCUT2D eigenvalue weighted by Crippen LogP contribution is 2.21. The molecule has 0 amide bonds. The minimum atomic E-state index is -0.346. The van der Waals surface area contributed by atoms with Gasteiger partial charge in [-0.05, 0) is 28.5 Å². The molecule has 0 unspecified atom stereocenters. The quantitative estimate of drug-likeness (QED) is 0.605. The van der Waals surface area contributed by atoms with E-state index in [2.05, 4.69) is 52.5 Å². The van der Waals surface area contributed by atoms with Crippen LogP contribution in [-0.4, -0.2) is 42.3 Å². The lowest BCUT2D eigenvalue weighted by Crippen LogP contribution is -2.43. The monoisotopic (exact) mass is 381 g/mol. The first-order chi connectivity index (χ1) is 13.2. The smallest absolute Gasteiger partial charge is 0.133 e. The van der Waals surface area contributed by atoms with Gasteiger partial charge in [-0.1, -0.05) is 60.1 Å². The maximum absolute atomic E-state index is 13.8. The summed E-state index contributed by atoms with van der Waals surface area (Å²) >= 11 is 6.05. The number of hydrogen-bond acceptors (Lipinski definition) is 3. The van der Waals surface area contributed by atoms with E-state index in [1.54, 1.807) is 12.1 Å². The summed E-state index contributed by atoms with van der Waals surface area (Å²) < 4.78 is 13.8. The first kappa shape index (κ1) is 18.0. The minimum absolute atomic E-state index is 0.345. The average molecular weight is 382 g/mol. The molecule has 27 heavy (non-hydrogen) atoms. The zero-order valence-corrected chi connectivity index (χ0v) is 15.7. The Bertz CT molecular complexity index is 939. The molecule has 1 heterocycles. The summed E-state index contributed by atoms with van der Waals surface area (Å²) in [6.07, 6.45) is 1.53. The molecule has 0 N–H and O–H groups in total. The molecule has 0 aliphatic carbocycles. The molecule has 3 aromatic carbocycles. The van der Waals surface area contributed by atoms with E-state index in [9.17, 15) is 4.39 Å². The SMILES string of the molecule is Fc1cccc(Cl)c1/C=N/N1CCN(Cc2cccc3ccccc23)CC1. The minimum Gasteiger partial charge on any atom is -0.295 e. The summed E-state index contributed by atoms with van der Waals surface area (Å²) in [6, 6.07) is 19.6. The Labute approximate surface area is 163 Å². The van der Waals surface area contributed by atoms with Crippen molar-refractivity contribution in [1.82, 2.24) is 9.91 Å². The number of halogens is 2. The van der Waals surface area contributed by atoms with Crippen LogP contribution in [0.15, 0.2) is 65.8 Å². The van der Waals surface area contributed by atoms with E-state index in [1.807, 2.05) is 5.01 Å². The molecule has 1 aliphatic rings. The highest BCUT2D eigenvalue weighted by Gasteiger charge is 2.16. The van der Waals surface area contributed by atoms with Gasteiger partial charge in [0.1, 0.15) is 5.82 Å². The molecular weight excluding hydrogens is 361 g/mol. The van der Waals surface area contributed by atoms with Crippen molar-refractivity contribution in [2.24, 2.45) is 5.10 Å². The predicted molar refractivity (Wildman–Crippen MR) is 110 cm³/mol. The van der Waals surface area contributed by atoms with Crippen molar-refractivity contribution in [3.8, 4) is 0 Å². The highest BCUT2D eigenvalue weighted by atomic mass is 35.5. The van der Waals surface area contributed by atoms with Crippen molar-refractivity contribution in [3.63, 3.8) is 0 Å². The summed E-state index contributed by atoms with van der Waals surface area (Å²) in [7, 11) is 0. The summed E-state index contributed by atoms with van der Waals surface area (Å²) in [5, 5.41) is 9.37. The van der Waals surface area contributed by atoms with Gasteiger partial charge in [0.05, 0.1) is 11.2 Å². The van der Waals surface area contributed by atoms with Crippen molar-refractivity contribution in [2.45, 2.75) is 6.54 Å². The maximum Gasteiger partial charge on any atom is 0.133 e. The fourth-order valence-electron chi connectivity index (χ4n) is 3.46. The van der Waals surface area contributed by atoms with Crippen LogP contribution >= 0.6 is 11.6 Å². The van der Waals surface area contributed by atoms with Crippen LogP contribution < -0.4 is 0 Å². The third-order valence-electron chi connectivity index (χ3n) is 4.97. The molecule has 0 spiro atoms. The van der Waals surface area contributed by atoms with Gasteiger partial charge in [0, 0.05) is 38.3 Å². The number of hydrazone groups is 1. The van der Waals surface area contributed by atoms with Crippen LogP contribution in [0.5, 0.6) is 0 Å². The van der Waals surface area contributed by atoms with Gasteiger partial charge < -0.3 is 0 Å². The highest BCUT2D eigenvalue weighted by molar-refractivity contribution is 6.33. The van der Waals surface area contributed by atoms with E-state index in [4.69, 9.17) is 11.6 Å². The molecule has 1 saturated heterocycles. The lowest BCUT2D eigenvalue weighted by atomic mass is 10.0. The van der Waals surface area contributed by atoms with Crippen LogP contribution in [0.25, 0.3) is 10.8 Å². The molecule has 0 atom stereocenters. The number of fused-ring (bicyclic) bond motifs is 1. The average Bonchev–Trinajstić information content (AvgIpc) is 2.69. The molecule has 138 valence electrons. The number of benzene rings is 3. The summed E-state index contributed by atoms with van der Waals surface area (Å²) in [4.78, 5) is 2.43. The molecular formula is C22H21ClFN3. The molecule has 1 aliphatic heterocycles. The van der Waals surface area contributed by atoms with E-state index < -0.39 is 0 Å². The van der Waals surface area contributed by atoms with E-state index in [1.165, 1.54) is 28.6 Å². The Morgan fingerprint density at radius 1 is 0.926 bits per heavy atom. The number of piperazine rings is 1. The third-order valence-corrected chi connectivity index (χ3v) is 5.30. The number of rotatable bonds is 4. The Balaban J connectivity index is 1.38. The second kappa shape index (κ2) is 8.07. The van der Waals surface area contributed by atoms with Gasteiger partial charge in [-0.3, -0.25) is 9.91 Å². The van der Waals surface area contributed by atoms with Gasteiger partial charge >= 0.3 is 0 Å². The van der Waals surface area contributed by atoms with Gasteiger partial charge in [0.15, 0.2) is 0 Å². The Morgan fingerprint density at radius 2 is 1.67 bits per heavy atom. The lowest BCUT2D eigenvalue weighted by Gasteiger charge is -2.33. The lowest BCUT2D eigenvalue weighted by molar-refractivity contribution is 0.131. The second-order valence-corrected chi connectivity index (χ2v) is 7.16. The number of hydrogen-bond donors (Lipinski definition) is 0. The molecule has 0 bridgehead atoms. The standard InChI is InChI=1S/C22H21ClFN3/c23-21-9-4-10-22(24)20(21)15-25-27-13-11-26(12-14-27)16-18-7-3-6-17-5-1-2-8-19(17)18/h1-10,15H,11-14,16H2/b25-15+. The first-order valence-electron chi connectivity index (χ1n) is 9.12. The molecule has 4 rings (SSSR count). The van der Waals surface area contributed by atoms with Crippen LogP contribution in [0.4, 0.5) is 4.39 Å². The first-order valence-corrected chi connectivity index (χ1v) is 9.50. The zero-order chi connectivity index (χ0) is 18.6. The molecule has 3 aromatic rings. The van der Waals surface area contributed by atoms with Gasteiger partial charge in [-0.15, -0.1) is 0 Å². The van der Waals surface area contributed by atoms with Crippen molar-refractivity contribution in [3.05, 3.63) is 82.6 Å². The zero-order valence-electron chi connectivity index (χ0n) is 15.0. The number of nitrogens with zero attached hydrogens (tertiary/aromatic N) is 3. The molecule has 3 nitrogen and oxygen atoms in total. The van der Waals surface area contributed by atoms with Gasteiger partial charge in [-0.2, -0.15) is 5.10 Å². The van der Waals surface area contributed by atoms with E-state index in [-0.39, 0.29) is 5.82 Å². The van der Waals surface area contributed by atoms with Gasteiger partial charge in [0.25, 0.3) is 0 Å². The van der Waals surface area contributed by atoms with E-state index in [0.717, 1.165) is 32.7 Å². The van der Waals surface area contributed by atoms with Crippen LogP contribution in [-0.2, 0) is 6.54 Å². The Kier molecular flexibility index (Phi) is 5.37. The molecule has 1 fully saturated rings. The fourth-order valence-corrected chi connectivity index (χ4v) is 3.67. The predicted octanol–water partition coefficient (Wildman–Crippen LogP) is 4.78. The summed E-state index contributed by atoms with van der Waals surface area (Å²) in [6.45, 7) is 4.40. The van der Waals surface area contributed by atoms with E-state index in [0.29, 0.717) is 10.6 Å². The van der Waals surface area contributed by atoms with Crippen molar-refractivity contribution < 1.29 is 4.39 Å². The third kappa shape index (κ3) is 4.12. The van der Waals surface area contributed by atoms with Crippen molar-refractivity contribution in [1.29, 1.82) is 0 Å². The molecule has 0 saturated carbocycles. The van der Waals surface area contributed by atoms with Crippen molar-refractivity contribution >= 4 is 28.6 Å². The van der Waals surface area contributed by atoms with Crippen molar-refractivity contribution in [2.75, 3.05) is 26.2 Å². The summed E-state index contributed by atoms with van der Waals surface area (Å²) in [5.74, 6) is -0.346. The van der Waals surface area contributed by atoms with Crippen LogP contribution in [0.3, 0.4) is 0 Å².